The van der Waals surface area contributed by atoms with Crippen molar-refractivity contribution in [3.8, 4) is 11.5 Å². The van der Waals surface area contributed by atoms with Gasteiger partial charge in [0.15, 0.2) is 0 Å². The number of aromatic nitrogens is 3. The lowest BCUT2D eigenvalue weighted by Crippen LogP contribution is -2.37. The molecule has 41 heavy (non-hydrogen) atoms. The molecular formula is C32H42N6O3. The molecule has 0 spiro atoms. The van der Waals surface area contributed by atoms with Crippen LogP contribution in [0.15, 0.2) is 73.2 Å². The molecule has 1 aliphatic carbocycles. The summed E-state index contributed by atoms with van der Waals surface area (Å²) in [6.45, 7) is 6.60. The lowest BCUT2D eigenvalue weighted by atomic mass is 10.0. The first-order chi connectivity index (χ1) is 20.1. The van der Waals surface area contributed by atoms with Crippen LogP contribution in [0.2, 0.25) is 0 Å². The fourth-order valence-electron chi connectivity index (χ4n) is 5.88. The van der Waals surface area contributed by atoms with E-state index >= 15 is 0 Å². The number of nitrogens with one attached hydrogen (secondary N) is 2. The fraction of sp³-hybridized carbons (Fsp3) is 0.438. The molecule has 2 heterocycles. The maximum absolute atomic E-state index is 11.0. The van der Waals surface area contributed by atoms with Gasteiger partial charge in [-0.05, 0) is 81.3 Å². The van der Waals surface area contributed by atoms with Crippen molar-refractivity contribution in [1.29, 1.82) is 0 Å². The highest BCUT2D eigenvalue weighted by Gasteiger charge is 2.43. The van der Waals surface area contributed by atoms with Crippen LogP contribution in [0.3, 0.4) is 0 Å². The topological polar surface area (TPSA) is 108 Å². The predicted octanol–water partition coefficient (Wildman–Crippen LogP) is 4.09. The Labute approximate surface area is 242 Å². The smallest absolute Gasteiger partial charge is 0.145 e. The van der Waals surface area contributed by atoms with Crippen molar-refractivity contribution in [1.82, 2.24) is 24.8 Å². The van der Waals surface area contributed by atoms with E-state index in [0.717, 1.165) is 73.9 Å². The summed E-state index contributed by atoms with van der Waals surface area (Å²) in [5, 5.41) is 29.5. The number of hydrogen-bond donors (Lipinski definition) is 4. The summed E-state index contributed by atoms with van der Waals surface area (Å²) >= 11 is 0. The zero-order valence-electron chi connectivity index (χ0n) is 24.0. The summed E-state index contributed by atoms with van der Waals surface area (Å²) in [5.74, 6) is 2.45. The molecule has 0 unspecified atom stereocenters. The van der Waals surface area contributed by atoms with Crippen LogP contribution >= 0.6 is 0 Å². The Morgan fingerprint density at radius 1 is 1.00 bits per heavy atom. The molecule has 1 aliphatic rings. The first kappa shape index (κ1) is 29.0. The first-order valence-corrected chi connectivity index (χ1v) is 14.7. The number of aliphatic hydroxyl groups excluding tert-OH is 2. The van der Waals surface area contributed by atoms with Crippen molar-refractivity contribution in [3.63, 3.8) is 0 Å². The molecule has 0 radical (unpaired) electrons. The van der Waals surface area contributed by atoms with Crippen LogP contribution in [0.1, 0.15) is 31.4 Å². The second-order valence-electron chi connectivity index (χ2n) is 10.8. The molecule has 1 saturated carbocycles. The summed E-state index contributed by atoms with van der Waals surface area (Å²) in [7, 11) is 1.83. The van der Waals surface area contributed by atoms with E-state index in [0.29, 0.717) is 6.42 Å². The molecule has 0 aliphatic heterocycles. The fourth-order valence-corrected chi connectivity index (χ4v) is 5.88. The van der Waals surface area contributed by atoms with Gasteiger partial charge >= 0.3 is 0 Å². The molecule has 9 nitrogen and oxygen atoms in total. The van der Waals surface area contributed by atoms with E-state index in [2.05, 4.69) is 44.6 Å². The summed E-state index contributed by atoms with van der Waals surface area (Å²) in [6.07, 6.45) is 4.53. The highest BCUT2D eigenvalue weighted by molar-refractivity contribution is 5.87. The van der Waals surface area contributed by atoms with Gasteiger partial charge in [-0.25, -0.2) is 9.97 Å². The molecule has 0 amide bonds. The SMILES string of the molecule is CCN(CCCNCCc1cccc(Oc2ccccc2)c1)C[C@H]1C[C@@H](n2ccc3c(NC)ncnc32)[C@H](O)[C@@H]1O. The van der Waals surface area contributed by atoms with Crippen molar-refractivity contribution in [2.45, 2.75) is 44.4 Å². The molecule has 0 bridgehead atoms. The summed E-state index contributed by atoms with van der Waals surface area (Å²) in [4.78, 5) is 11.1. The van der Waals surface area contributed by atoms with E-state index in [1.165, 1.54) is 11.9 Å². The van der Waals surface area contributed by atoms with Crippen molar-refractivity contribution >= 4 is 16.9 Å². The van der Waals surface area contributed by atoms with Crippen LogP contribution in [0.5, 0.6) is 11.5 Å². The third-order valence-corrected chi connectivity index (χ3v) is 8.11. The Balaban J connectivity index is 1.06. The van der Waals surface area contributed by atoms with Gasteiger partial charge in [-0.3, -0.25) is 0 Å². The number of nitrogens with zero attached hydrogens (tertiary/aromatic N) is 4. The Morgan fingerprint density at radius 2 is 1.83 bits per heavy atom. The van der Waals surface area contributed by atoms with E-state index in [9.17, 15) is 10.2 Å². The number of anilines is 1. The normalized spacial score (nSPS) is 20.6. The lowest BCUT2D eigenvalue weighted by Gasteiger charge is -2.26. The number of ether oxygens (including phenoxy) is 1. The van der Waals surface area contributed by atoms with Gasteiger partial charge in [0.05, 0.1) is 17.5 Å². The molecule has 0 saturated heterocycles. The lowest BCUT2D eigenvalue weighted by molar-refractivity contribution is 0.000574. The van der Waals surface area contributed by atoms with E-state index in [1.54, 1.807) is 0 Å². The molecule has 218 valence electrons. The minimum absolute atomic E-state index is 0.00338. The molecule has 2 aromatic carbocycles. The van der Waals surface area contributed by atoms with Gasteiger partial charge in [-0.15, -0.1) is 0 Å². The Morgan fingerprint density at radius 3 is 2.63 bits per heavy atom. The molecular weight excluding hydrogens is 516 g/mol. The van der Waals surface area contributed by atoms with Gasteiger partial charge in [0.2, 0.25) is 0 Å². The summed E-state index contributed by atoms with van der Waals surface area (Å²) < 4.78 is 7.95. The van der Waals surface area contributed by atoms with Crippen molar-refractivity contribution < 1.29 is 14.9 Å². The summed E-state index contributed by atoms with van der Waals surface area (Å²) in [6, 6.07) is 19.9. The van der Waals surface area contributed by atoms with Gasteiger partial charge in [-0.2, -0.15) is 0 Å². The first-order valence-electron chi connectivity index (χ1n) is 14.7. The van der Waals surface area contributed by atoms with E-state index in [1.807, 2.05) is 66.3 Å². The Bertz CT molecular complexity index is 1380. The van der Waals surface area contributed by atoms with Crippen LogP contribution in [-0.2, 0) is 6.42 Å². The van der Waals surface area contributed by atoms with Crippen molar-refractivity contribution in [3.05, 3.63) is 78.8 Å². The molecule has 4 aromatic rings. The standard InChI is InChI=1S/C32H42N6O3/c1-3-37(17-8-15-34-16-13-23-9-7-12-26(19-23)41-25-10-5-4-6-11-25)21-24-20-28(30(40)29(24)39)38-18-14-27-31(33-2)35-22-36-32(27)38/h4-7,9-12,14,18-19,22,24,28-30,34,39-40H,3,8,13,15-17,20-21H2,1-2H3,(H,33,35,36)/t24-,28-,29-,30+/m1/s1. The largest absolute Gasteiger partial charge is 0.457 e. The van der Waals surface area contributed by atoms with Crippen LogP contribution in [0.4, 0.5) is 5.82 Å². The van der Waals surface area contributed by atoms with Gasteiger partial charge in [-0.1, -0.05) is 37.3 Å². The second kappa shape index (κ2) is 13.9. The number of benzene rings is 2. The molecule has 9 heteroatoms. The number of aliphatic hydroxyl groups is 2. The van der Waals surface area contributed by atoms with E-state index in [4.69, 9.17) is 4.74 Å². The third-order valence-electron chi connectivity index (χ3n) is 8.11. The monoisotopic (exact) mass is 558 g/mol. The zero-order chi connectivity index (χ0) is 28.6. The highest BCUT2D eigenvalue weighted by Crippen LogP contribution is 2.38. The number of rotatable bonds is 14. The molecule has 4 atom stereocenters. The maximum Gasteiger partial charge on any atom is 0.145 e. The number of hydrogen-bond acceptors (Lipinski definition) is 8. The highest BCUT2D eigenvalue weighted by atomic mass is 16.5. The molecule has 4 N–H and O–H groups in total. The third kappa shape index (κ3) is 7.05. The molecule has 5 rings (SSSR count). The average molecular weight is 559 g/mol. The van der Waals surface area contributed by atoms with Crippen LogP contribution in [-0.4, -0.2) is 81.6 Å². The van der Waals surface area contributed by atoms with Gasteiger partial charge < -0.3 is 35.1 Å². The van der Waals surface area contributed by atoms with Crippen LogP contribution in [0, 0.1) is 5.92 Å². The maximum atomic E-state index is 11.0. The Kier molecular flexibility index (Phi) is 9.84. The average Bonchev–Trinajstić information content (AvgIpc) is 3.55. The quantitative estimate of drug-likeness (QED) is 0.172. The van der Waals surface area contributed by atoms with E-state index in [-0.39, 0.29) is 12.0 Å². The van der Waals surface area contributed by atoms with E-state index < -0.39 is 12.2 Å². The minimum atomic E-state index is -0.833. The van der Waals surface area contributed by atoms with Crippen LogP contribution in [0.25, 0.3) is 11.0 Å². The summed E-state index contributed by atoms with van der Waals surface area (Å²) in [5.41, 5.74) is 2.02. The Hall–Kier alpha value is -3.50. The molecule has 2 aromatic heterocycles. The van der Waals surface area contributed by atoms with Gasteiger partial charge in [0.1, 0.15) is 35.4 Å². The number of fused-ring (bicyclic) bond motifs is 1. The zero-order valence-corrected chi connectivity index (χ0v) is 24.0. The van der Waals surface area contributed by atoms with Crippen LogP contribution < -0.4 is 15.4 Å². The second-order valence-corrected chi connectivity index (χ2v) is 10.8. The predicted molar refractivity (Wildman–Crippen MR) is 162 cm³/mol. The minimum Gasteiger partial charge on any atom is -0.457 e. The van der Waals surface area contributed by atoms with Crippen molar-refractivity contribution in [2.75, 3.05) is 45.1 Å². The van der Waals surface area contributed by atoms with Crippen molar-refractivity contribution in [2.24, 2.45) is 5.92 Å². The molecule has 1 fully saturated rings. The number of para-hydroxylation sites is 1. The van der Waals surface area contributed by atoms with Gasteiger partial charge in [0, 0.05) is 25.7 Å². The van der Waals surface area contributed by atoms with Gasteiger partial charge in [0.25, 0.3) is 0 Å².